The first-order valence-corrected chi connectivity index (χ1v) is 9.56. The predicted octanol–water partition coefficient (Wildman–Crippen LogP) is 2.20. The van der Waals surface area contributed by atoms with Gasteiger partial charge >= 0.3 is 0 Å². The van der Waals surface area contributed by atoms with E-state index in [0.717, 1.165) is 6.42 Å². The highest BCUT2D eigenvalue weighted by molar-refractivity contribution is 5.90. The second kappa shape index (κ2) is 5.28. The van der Waals surface area contributed by atoms with Crippen LogP contribution >= 0.6 is 0 Å². The molecule has 7 atom stereocenters. The average Bonchev–Trinajstić information content (AvgIpc) is 3.12. The molecule has 3 N–H and O–H groups in total. The zero-order valence-corrected chi connectivity index (χ0v) is 16.4. The van der Waals surface area contributed by atoms with Crippen molar-refractivity contribution in [3.8, 4) is 0 Å². The molecule has 1 aliphatic heterocycles. The van der Waals surface area contributed by atoms with Crippen LogP contribution in [0, 0.1) is 16.7 Å². The number of aliphatic hydroxyl groups excluding tert-OH is 1. The third-order valence-electron chi connectivity index (χ3n) is 8.30. The zero-order chi connectivity index (χ0) is 19.1. The highest BCUT2D eigenvalue weighted by Crippen LogP contribution is 2.65. The molecular formula is C20H34O5. The van der Waals surface area contributed by atoms with Gasteiger partial charge in [-0.1, -0.05) is 20.8 Å². The SMILES string of the molecule is C[C@H]1O[C@]1(C)C(=O)C[C@@H]1[C@@]2(C)[C@@H](O)CCC(C)(C)[C@]2(O)CC[C@@]1(C)O. The summed E-state index contributed by atoms with van der Waals surface area (Å²) in [7, 11) is 0. The second-order valence-corrected chi connectivity index (χ2v) is 9.99. The van der Waals surface area contributed by atoms with Gasteiger partial charge in [-0.25, -0.2) is 0 Å². The summed E-state index contributed by atoms with van der Waals surface area (Å²) in [5.74, 6) is -0.569. The number of Topliss-reactive ketones (excluding diaryl/α,β-unsaturated/α-hetero) is 1. The van der Waals surface area contributed by atoms with Crippen molar-refractivity contribution in [1.29, 1.82) is 0 Å². The van der Waals surface area contributed by atoms with Crippen molar-refractivity contribution in [2.45, 2.75) is 103 Å². The maximum absolute atomic E-state index is 12.9. The number of fused-ring (bicyclic) bond motifs is 1. The molecule has 25 heavy (non-hydrogen) atoms. The number of epoxide rings is 1. The maximum atomic E-state index is 12.9. The Hall–Kier alpha value is -0.490. The predicted molar refractivity (Wildman–Crippen MR) is 94.0 cm³/mol. The Labute approximate surface area is 150 Å². The molecule has 0 amide bonds. The molecule has 2 saturated carbocycles. The van der Waals surface area contributed by atoms with Crippen LogP contribution in [-0.2, 0) is 9.53 Å². The molecule has 144 valence electrons. The lowest BCUT2D eigenvalue weighted by Crippen LogP contribution is -2.73. The first-order chi connectivity index (χ1) is 11.2. The average molecular weight is 354 g/mol. The summed E-state index contributed by atoms with van der Waals surface area (Å²) in [5, 5.41) is 33.8. The number of hydrogen-bond donors (Lipinski definition) is 3. The van der Waals surface area contributed by atoms with Crippen molar-refractivity contribution in [2.75, 3.05) is 0 Å². The van der Waals surface area contributed by atoms with Crippen molar-refractivity contribution in [3.63, 3.8) is 0 Å². The number of rotatable bonds is 3. The van der Waals surface area contributed by atoms with Crippen LogP contribution in [0.1, 0.15) is 73.6 Å². The number of ether oxygens (including phenoxy) is 1. The Kier molecular flexibility index (Phi) is 4.07. The fraction of sp³-hybridized carbons (Fsp3) is 0.950. The molecule has 0 aromatic rings. The second-order valence-electron chi connectivity index (χ2n) is 9.99. The normalized spacial score (nSPS) is 54.7. The molecule has 0 aromatic heterocycles. The summed E-state index contributed by atoms with van der Waals surface area (Å²) in [6.07, 6.45) is 1.38. The minimum atomic E-state index is -1.12. The molecule has 0 aromatic carbocycles. The Bertz CT molecular complexity index is 585. The molecular weight excluding hydrogens is 320 g/mol. The smallest absolute Gasteiger partial charge is 0.167 e. The molecule has 3 rings (SSSR count). The zero-order valence-electron chi connectivity index (χ0n) is 16.4. The number of aliphatic hydroxyl groups is 3. The minimum absolute atomic E-state index is 0.0497. The largest absolute Gasteiger partial charge is 0.392 e. The Balaban J connectivity index is 2.02. The number of ketones is 1. The van der Waals surface area contributed by atoms with Gasteiger partial charge in [-0.15, -0.1) is 0 Å². The van der Waals surface area contributed by atoms with E-state index in [1.165, 1.54) is 0 Å². The van der Waals surface area contributed by atoms with Gasteiger partial charge in [0.25, 0.3) is 0 Å². The topological polar surface area (TPSA) is 90.3 Å². The lowest BCUT2D eigenvalue weighted by atomic mass is 9.41. The van der Waals surface area contributed by atoms with E-state index < -0.39 is 34.2 Å². The molecule has 2 aliphatic carbocycles. The van der Waals surface area contributed by atoms with E-state index in [1.807, 2.05) is 27.7 Å². The van der Waals surface area contributed by atoms with Crippen molar-refractivity contribution >= 4 is 5.78 Å². The summed E-state index contributed by atoms with van der Waals surface area (Å²) >= 11 is 0. The molecule has 0 radical (unpaired) electrons. The number of hydrogen-bond acceptors (Lipinski definition) is 5. The van der Waals surface area contributed by atoms with Crippen LogP contribution in [0.25, 0.3) is 0 Å². The van der Waals surface area contributed by atoms with E-state index in [0.29, 0.717) is 19.3 Å². The van der Waals surface area contributed by atoms with E-state index in [1.54, 1.807) is 13.8 Å². The van der Waals surface area contributed by atoms with E-state index in [4.69, 9.17) is 4.74 Å². The van der Waals surface area contributed by atoms with Gasteiger partial charge in [-0.3, -0.25) is 4.79 Å². The summed E-state index contributed by atoms with van der Waals surface area (Å²) < 4.78 is 5.48. The third-order valence-corrected chi connectivity index (χ3v) is 8.30. The van der Waals surface area contributed by atoms with Crippen LogP contribution in [0.4, 0.5) is 0 Å². The van der Waals surface area contributed by atoms with Crippen molar-refractivity contribution in [3.05, 3.63) is 0 Å². The summed E-state index contributed by atoms with van der Waals surface area (Å²) in [5.41, 5.74) is -4.36. The van der Waals surface area contributed by atoms with Crippen LogP contribution < -0.4 is 0 Å². The maximum Gasteiger partial charge on any atom is 0.167 e. The van der Waals surface area contributed by atoms with E-state index in [2.05, 4.69) is 0 Å². The Morgan fingerprint density at radius 3 is 2.16 bits per heavy atom. The monoisotopic (exact) mass is 354 g/mol. The molecule has 1 saturated heterocycles. The Morgan fingerprint density at radius 2 is 1.64 bits per heavy atom. The van der Waals surface area contributed by atoms with Gasteiger partial charge in [0, 0.05) is 17.8 Å². The summed E-state index contributed by atoms with van der Waals surface area (Å²) in [4.78, 5) is 12.9. The van der Waals surface area contributed by atoms with Gasteiger partial charge in [0.15, 0.2) is 5.78 Å². The van der Waals surface area contributed by atoms with E-state index >= 15 is 0 Å². The van der Waals surface area contributed by atoms with Crippen molar-refractivity contribution in [1.82, 2.24) is 0 Å². The molecule has 0 unspecified atom stereocenters. The van der Waals surface area contributed by atoms with Crippen LogP contribution in [0.3, 0.4) is 0 Å². The lowest BCUT2D eigenvalue weighted by Gasteiger charge is -2.67. The lowest BCUT2D eigenvalue weighted by molar-refractivity contribution is -0.296. The van der Waals surface area contributed by atoms with Gasteiger partial charge in [-0.2, -0.15) is 0 Å². The molecule has 3 aliphatic rings. The molecule has 0 spiro atoms. The van der Waals surface area contributed by atoms with Gasteiger partial charge in [0.05, 0.1) is 23.4 Å². The van der Waals surface area contributed by atoms with Gasteiger partial charge < -0.3 is 20.1 Å². The molecule has 5 heteroatoms. The highest BCUT2D eigenvalue weighted by atomic mass is 16.6. The quantitative estimate of drug-likeness (QED) is 0.676. The first-order valence-electron chi connectivity index (χ1n) is 9.56. The minimum Gasteiger partial charge on any atom is -0.392 e. The molecule has 3 fully saturated rings. The van der Waals surface area contributed by atoms with Gasteiger partial charge in [-0.05, 0) is 51.9 Å². The molecule has 5 nitrogen and oxygen atoms in total. The van der Waals surface area contributed by atoms with Gasteiger partial charge in [0.2, 0.25) is 0 Å². The number of carbonyl (C=O) groups excluding carboxylic acids is 1. The van der Waals surface area contributed by atoms with Crippen LogP contribution in [0.2, 0.25) is 0 Å². The van der Waals surface area contributed by atoms with Crippen LogP contribution in [0.5, 0.6) is 0 Å². The van der Waals surface area contributed by atoms with E-state index in [-0.39, 0.29) is 23.7 Å². The molecule has 0 bridgehead atoms. The number of carbonyl (C=O) groups is 1. The fourth-order valence-corrected chi connectivity index (χ4v) is 5.84. The third kappa shape index (κ3) is 2.39. The van der Waals surface area contributed by atoms with E-state index in [9.17, 15) is 20.1 Å². The Morgan fingerprint density at radius 1 is 1.08 bits per heavy atom. The standard InChI is InChI=1S/C20H34O5/c1-12-19(6,25-12)15(22)11-13-17(4,23)9-10-20(24)16(2,3)8-7-14(21)18(13,20)5/h12-14,21,23-24H,7-11H2,1-6H3/t12-,13+,14+,17-,18+,19+,20-/m1/s1. The molecule has 1 heterocycles. The highest BCUT2D eigenvalue weighted by Gasteiger charge is 2.70. The first kappa shape index (κ1) is 19.3. The van der Waals surface area contributed by atoms with Crippen molar-refractivity contribution in [2.24, 2.45) is 16.7 Å². The van der Waals surface area contributed by atoms with Crippen molar-refractivity contribution < 1.29 is 24.9 Å². The van der Waals surface area contributed by atoms with Crippen LogP contribution in [0.15, 0.2) is 0 Å². The fourth-order valence-electron chi connectivity index (χ4n) is 5.84. The van der Waals surface area contributed by atoms with Gasteiger partial charge in [0.1, 0.15) is 5.60 Å². The summed E-state index contributed by atoms with van der Waals surface area (Å²) in [6.45, 7) is 11.3. The van der Waals surface area contributed by atoms with Crippen LogP contribution in [-0.4, -0.2) is 50.1 Å². The summed E-state index contributed by atoms with van der Waals surface area (Å²) in [6, 6.07) is 0.